The molecule has 3 heterocycles. The second-order valence-corrected chi connectivity index (χ2v) is 8.00. The Morgan fingerprint density at radius 1 is 1.33 bits per heavy atom. The Bertz CT molecular complexity index is 905. The van der Waals surface area contributed by atoms with Gasteiger partial charge in [-0.3, -0.25) is 4.79 Å². The third kappa shape index (κ3) is 2.75. The van der Waals surface area contributed by atoms with Crippen LogP contribution in [0.2, 0.25) is 5.02 Å². The largest absolute Gasteiger partial charge is 0.310 e. The highest BCUT2D eigenvalue weighted by Gasteiger charge is 2.31. The number of hydrogen-bond acceptors (Lipinski definition) is 4. The van der Waals surface area contributed by atoms with Gasteiger partial charge in [-0.05, 0) is 36.6 Å². The van der Waals surface area contributed by atoms with Crippen molar-refractivity contribution in [3.8, 4) is 5.69 Å². The zero-order valence-corrected chi connectivity index (χ0v) is 15.2. The molecule has 1 aliphatic heterocycles. The molecule has 1 amide bonds. The van der Waals surface area contributed by atoms with Crippen LogP contribution in [0.1, 0.15) is 21.4 Å². The summed E-state index contributed by atoms with van der Waals surface area (Å²) in [6, 6.07) is 11.6. The minimum absolute atomic E-state index is 0.0107. The SMILES string of the molecule is Cc1nn(-c2cccc(Cl)c2)c2c1[C@H](c1cccs1)SCC(=O)N2. The van der Waals surface area contributed by atoms with Crippen molar-refractivity contribution >= 4 is 46.4 Å². The summed E-state index contributed by atoms with van der Waals surface area (Å²) >= 11 is 9.46. The van der Waals surface area contributed by atoms with Crippen molar-refractivity contribution in [2.45, 2.75) is 12.2 Å². The fraction of sp³-hybridized carbons (Fsp3) is 0.176. The fourth-order valence-electron chi connectivity index (χ4n) is 2.84. The third-order valence-corrected chi connectivity index (χ3v) is 6.44. The molecule has 1 atom stereocenters. The zero-order chi connectivity index (χ0) is 16.7. The molecule has 0 aliphatic carbocycles. The van der Waals surface area contributed by atoms with Crippen molar-refractivity contribution in [2.24, 2.45) is 0 Å². The summed E-state index contributed by atoms with van der Waals surface area (Å²) < 4.78 is 1.78. The average Bonchev–Trinajstić information content (AvgIpc) is 3.14. The maximum absolute atomic E-state index is 12.2. The Morgan fingerprint density at radius 3 is 2.96 bits per heavy atom. The van der Waals surface area contributed by atoms with Crippen molar-refractivity contribution in [2.75, 3.05) is 11.1 Å². The monoisotopic (exact) mass is 375 g/mol. The van der Waals surface area contributed by atoms with Gasteiger partial charge in [0, 0.05) is 15.5 Å². The van der Waals surface area contributed by atoms with Crippen LogP contribution in [0.3, 0.4) is 0 Å². The molecule has 1 N–H and O–H groups in total. The number of anilines is 1. The molecule has 0 saturated heterocycles. The van der Waals surface area contributed by atoms with E-state index in [1.54, 1.807) is 27.8 Å². The molecule has 3 aromatic rings. The number of nitrogens with one attached hydrogen (secondary N) is 1. The van der Waals surface area contributed by atoms with E-state index in [4.69, 9.17) is 11.6 Å². The molecule has 122 valence electrons. The maximum atomic E-state index is 12.2. The number of benzene rings is 1. The Balaban J connectivity index is 1.91. The molecule has 0 radical (unpaired) electrons. The molecular formula is C17H14ClN3OS2. The number of aryl methyl sites for hydroxylation is 1. The van der Waals surface area contributed by atoms with Crippen LogP contribution in [-0.2, 0) is 4.79 Å². The van der Waals surface area contributed by atoms with Gasteiger partial charge in [-0.25, -0.2) is 4.68 Å². The minimum atomic E-state index is -0.0107. The first-order chi connectivity index (χ1) is 11.6. The van der Waals surface area contributed by atoms with E-state index in [9.17, 15) is 4.79 Å². The number of hydrogen-bond donors (Lipinski definition) is 1. The number of aromatic nitrogens is 2. The van der Waals surface area contributed by atoms with E-state index >= 15 is 0 Å². The van der Waals surface area contributed by atoms with Gasteiger partial charge in [0.2, 0.25) is 5.91 Å². The molecule has 24 heavy (non-hydrogen) atoms. The molecule has 2 aromatic heterocycles. The molecule has 0 unspecified atom stereocenters. The molecule has 1 aliphatic rings. The molecule has 4 rings (SSSR count). The summed E-state index contributed by atoms with van der Waals surface area (Å²) in [5.74, 6) is 1.15. The summed E-state index contributed by atoms with van der Waals surface area (Å²) in [6.45, 7) is 1.98. The maximum Gasteiger partial charge on any atom is 0.235 e. The van der Waals surface area contributed by atoms with Crippen molar-refractivity contribution in [1.82, 2.24) is 9.78 Å². The van der Waals surface area contributed by atoms with Crippen LogP contribution in [0.15, 0.2) is 41.8 Å². The van der Waals surface area contributed by atoms with Gasteiger partial charge < -0.3 is 5.32 Å². The first-order valence-corrected chi connectivity index (χ1v) is 9.74. The highest BCUT2D eigenvalue weighted by molar-refractivity contribution is 8.00. The number of rotatable bonds is 2. The van der Waals surface area contributed by atoms with Gasteiger partial charge in [-0.2, -0.15) is 5.10 Å². The number of amides is 1. The lowest BCUT2D eigenvalue weighted by atomic mass is 10.1. The van der Waals surface area contributed by atoms with Gasteiger partial charge in [0.1, 0.15) is 5.82 Å². The molecule has 0 saturated carbocycles. The summed E-state index contributed by atoms with van der Waals surface area (Å²) in [4.78, 5) is 13.5. The number of halogens is 1. The van der Waals surface area contributed by atoms with E-state index in [-0.39, 0.29) is 11.2 Å². The number of carbonyl (C=O) groups is 1. The van der Waals surface area contributed by atoms with Gasteiger partial charge in [0.05, 0.1) is 22.4 Å². The second-order valence-electron chi connectivity index (χ2n) is 5.49. The van der Waals surface area contributed by atoms with E-state index in [0.29, 0.717) is 10.8 Å². The van der Waals surface area contributed by atoms with Crippen LogP contribution < -0.4 is 5.32 Å². The fourth-order valence-corrected chi connectivity index (χ4v) is 5.19. The second kappa shape index (κ2) is 6.27. The lowest BCUT2D eigenvalue weighted by Crippen LogP contribution is -2.15. The Kier molecular flexibility index (Phi) is 4.12. The predicted octanol–water partition coefficient (Wildman–Crippen LogP) is 4.67. The highest BCUT2D eigenvalue weighted by Crippen LogP contribution is 2.45. The lowest BCUT2D eigenvalue weighted by Gasteiger charge is -2.13. The van der Waals surface area contributed by atoms with Gasteiger partial charge >= 0.3 is 0 Å². The summed E-state index contributed by atoms with van der Waals surface area (Å²) in [5, 5.41) is 10.5. The summed E-state index contributed by atoms with van der Waals surface area (Å²) in [6.07, 6.45) is 0. The number of fused-ring (bicyclic) bond motifs is 1. The minimum Gasteiger partial charge on any atom is -0.310 e. The van der Waals surface area contributed by atoms with E-state index in [0.717, 1.165) is 22.8 Å². The van der Waals surface area contributed by atoms with Crippen molar-refractivity contribution in [1.29, 1.82) is 0 Å². The summed E-state index contributed by atoms with van der Waals surface area (Å²) in [7, 11) is 0. The quantitative estimate of drug-likeness (QED) is 0.708. The molecule has 4 nitrogen and oxygen atoms in total. The van der Waals surface area contributed by atoms with Gasteiger partial charge in [-0.15, -0.1) is 23.1 Å². The van der Waals surface area contributed by atoms with Crippen LogP contribution >= 0.6 is 34.7 Å². The van der Waals surface area contributed by atoms with Crippen LogP contribution in [-0.4, -0.2) is 21.4 Å². The Hall–Kier alpha value is -1.76. The average molecular weight is 376 g/mol. The smallest absolute Gasteiger partial charge is 0.235 e. The van der Waals surface area contributed by atoms with E-state index in [2.05, 4.69) is 21.9 Å². The standard InChI is InChI=1S/C17H14ClN3OS2/c1-10-15-16(13-6-3-7-23-13)24-9-14(22)19-17(15)21(20-10)12-5-2-4-11(18)8-12/h2-8,16H,9H2,1H3,(H,19,22)/t16-/m0/s1. The first kappa shape index (κ1) is 15.7. The van der Waals surface area contributed by atoms with E-state index < -0.39 is 0 Å². The van der Waals surface area contributed by atoms with Crippen LogP contribution in [0.5, 0.6) is 0 Å². The van der Waals surface area contributed by atoms with Crippen molar-refractivity contribution in [3.05, 3.63) is 62.9 Å². The van der Waals surface area contributed by atoms with Gasteiger partial charge in [0.25, 0.3) is 0 Å². The van der Waals surface area contributed by atoms with Crippen molar-refractivity contribution in [3.63, 3.8) is 0 Å². The zero-order valence-electron chi connectivity index (χ0n) is 12.8. The molecule has 0 bridgehead atoms. The van der Waals surface area contributed by atoms with E-state index in [1.807, 2.05) is 37.3 Å². The molecular weight excluding hydrogens is 362 g/mol. The lowest BCUT2D eigenvalue weighted by molar-refractivity contribution is -0.113. The molecule has 0 fully saturated rings. The van der Waals surface area contributed by atoms with Gasteiger partial charge in [-0.1, -0.05) is 23.7 Å². The normalized spacial score (nSPS) is 17.2. The van der Waals surface area contributed by atoms with Crippen LogP contribution in [0.25, 0.3) is 5.69 Å². The Morgan fingerprint density at radius 2 is 2.21 bits per heavy atom. The highest BCUT2D eigenvalue weighted by atomic mass is 35.5. The third-order valence-electron chi connectivity index (χ3n) is 3.86. The number of thiophene rings is 1. The number of carbonyl (C=O) groups excluding carboxylic acids is 1. The predicted molar refractivity (Wildman–Crippen MR) is 101 cm³/mol. The summed E-state index contributed by atoms with van der Waals surface area (Å²) in [5.41, 5.74) is 2.82. The van der Waals surface area contributed by atoms with Crippen LogP contribution in [0, 0.1) is 6.92 Å². The van der Waals surface area contributed by atoms with Gasteiger partial charge in [0.15, 0.2) is 0 Å². The Labute approximate surface area is 152 Å². The number of thioether (sulfide) groups is 1. The molecule has 7 heteroatoms. The first-order valence-electron chi connectivity index (χ1n) is 7.44. The topological polar surface area (TPSA) is 46.9 Å². The van der Waals surface area contributed by atoms with Crippen LogP contribution in [0.4, 0.5) is 5.82 Å². The number of nitrogens with zero attached hydrogens (tertiary/aromatic N) is 2. The van der Waals surface area contributed by atoms with E-state index in [1.165, 1.54) is 4.88 Å². The molecule has 0 spiro atoms. The molecule has 1 aromatic carbocycles. The van der Waals surface area contributed by atoms with Crippen molar-refractivity contribution < 1.29 is 4.79 Å².